The molecule has 0 amide bonds. The monoisotopic (exact) mass is 331 g/mol. The van der Waals surface area contributed by atoms with Gasteiger partial charge in [0.05, 0.1) is 5.92 Å². The third-order valence-electron chi connectivity index (χ3n) is 4.21. The van der Waals surface area contributed by atoms with E-state index in [9.17, 15) is 13.6 Å². The third kappa shape index (κ3) is 4.38. The maximum absolute atomic E-state index is 13.1. The quantitative estimate of drug-likeness (QED) is 0.568. The predicted octanol–water partition coefficient (Wildman–Crippen LogP) is 4.92. The van der Waals surface area contributed by atoms with Gasteiger partial charge in [-0.25, -0.2) is 9.37 Å². The van der Waals surface area contributed by atoms with Gasteiger partial charge >= 0.3 is 5.97 Å². The van der Waals surface area contributed by atoms with Crippen molar-refractivity contribution in [1.82, 2.24) is 4.98 Å². The van der Waals surface area contributed by atoms with E-state index >= 15 is 0 Å². The zero-order chi connectivity index (χ0) is 16.1. The fourth-order valence-electron chi connectivity index (χ4n) is 2.87. The Hall–Kier alpha value is -1.23. The molecule has 0 saturated heterocycles. The number of aromatic nitrogens is 1. The molecule has 1 saturated carbocycles. The standard InChI is InChI=1S/C16H20ClF2NO2/c1-2-3-4-10-5-7-11(8-6-10)16(21)22-13-9-12(18)15(19)20-14(13)17/h9-11H,2-8H2,1H3/t10-,11-. The third-order valence-corrected chi connectivity index (χ3v) is 4.48. The van der Waals surface area contributed by atoms with Crippen molar-refractivity contribution in [2.45, 2.75) is 51.9 Å². The van der Waals surface area contributed by atoms with Gasteiger partial charge in [-0.05, 0) is 31.6 Å². The number of unbranched alkanes of at least 4 members (excludes halogenated alkanes) is 1. The Kier molecular flexibility index (Phi) is 6.12. The summed E-state index contributed by atoms with van der Waals surface area (Å²) in [6.07, 6.45) is 7.15. The Labute approximate surface area is 134 Å². The second-order valence-corrected chi connectivity index (χ2v) is 6.19. The van der Waals surface area contributed by atoms with Crippen LogP contribution in [0.2, 0.25) is 5.15 Å². The Bertz CT molecular complexity index is 531. The first-order valence-corrected chi connectivity index (χ1v) is 8.12. The Balaban J connectivity index is 1.90. The first kappa shape index (κ1) is 17.1. The number of pyridine rings is 1. The summed E-state index contributed by atoms with van der Waals surface area (Å²) in [5, 5.41) is -0.344. The molecular formula is C16H20ClF2NO2. The van der Waals surface area contributed by atoms with Gasteiger partial charge in [-0.1, -0.05) is 37.8 Å². The minimum atomic E-state index is -1.30. The first-order valence-electron chi connectivity index (χ1n) is 7.74. The van der Waals surface area contributed by atoms with Crippen LogP contribution in [-0.4, -0.2) is 11.0 Å². The maximum atomic E-state index is 13.1. The van der Waals surface area contributed by atoms with Crippen LogP contribution in [0.4, 0.5) is 8.78 Å². The number of hydrogen-bond donors (Lipinski definition) is 0. The molecule has 122 valence electrons. The van der Waals surface area contributed by atoms with Gasteiger partial charge in [0.1, 0.15) is 0 Å². The van der Waals surface area contributed by atoms with Crippen molar-refractivity contribution < 1.29 is 18.3 Å². The second-order valence-electron chi connectivity index (χ2n) is 5.83. The summed E-state index contributed by atoms with van der Waals surface area (Å²) in [6, 6.07) is 0.759. The highest BCUT2D eigenvalue weighted by atomic mass is 35.5. The maximum Gasteiger partial charge on any atom is 0.314 e. The molecule has 0 bridgehead atoms. The van der Waals surface area contributed by atoms with Crippen LogP contribution in [0.1, 0.15) is 51.9 Å². The van der Waals surface area contributed by atoms with Crippen molar-refractivity contribution in [3.8, 4) is 5.75 Å². The van der Waals surface area contributed by atoms with Crippen LogP contribution >= 0.6 is 11.6 Å². The van der Waals surface area contributed by atoms with Crippen LogP contribution in [0.25, 0.3) is 0 Å². The van der Waals surface area contributed by atoms with Gasteiger partial charge < -0.3 is 4.74 Å². The van der Waals surface area contributed by atoms with Crippen LogP contribution < -0.4 is 4.74 Å². The van der Waals surface area contributed by atoms with E-state index in [0.29, 0.717) is 5.92 Å². The van der Waals surface area contributed by atoms with E-state index in [1.165, 1.54) is 19.3 Å². The van der Waals surface area contributed by atoms with Gasteiger partial charge in [0.25, 0.3) is 5.95 Å². The molecule has 0 aliphatic heterocycles. The molecule has 1 heterocycles. The molecule has 22 heavy (non-hydrogen) atoms. The first-order chi connectivity index (χ1) is 10.5. The molecular weight excluding hydrogens is 312 g/mol. The molecule has 1 aromatic rings. The minimum Gasteiger partial charge on any atom is -0.423 e. The molecule has 1 aliphatic carbocycles. The molecule has 1 aliphatic rings. The Morgan fingerprint density at radius 3 is 2.68 bits per heavy atom. The molecule has 0 spiro atoms. The number of rotatable bonds is 5. The molecule has 0 aromatic carbocycles. The fraction of sp³-hybridized carbons (Fsp3) is 0.625. The molecule has 1 fully saturated rings. The van der Waals surface area contributed by atoms with E-state index < -0.39 is 17.7 Å². The fourth-order valence-corrected chi connectivity index (χ4v) is 3.04. The molecule has 6 heteroatoms. The molecule has 0 radical (unpaired) electrons. The lowest BCUT2D eigenvalue weighted by Gasteiger charge is -2.27. The topological polar surface area (TPSA) is 39.2 Å². The highest BCUT2D eigenvalue weighted by Crippen LogP contribution is 2.33. The van der Waals surface area contributed by atoms with Gasteiger partial charge in [-0.2, -0.15) is 4.39 Å². The van der Waals surface area contributed by atoms with Gasteiger partial charge in [-0.3, -0.25) is 4.79 Å². The molecule has 1 aromatic heterocycles. The number of esters is 1. The molecule has 0 unspecified atom stereocenters. The van der Waals surface area contributed by atoms with Crippen LogP contribution in [0.3, 0.4) is 0 Å². The van der Waals surface area contributed by atoms with E-state index in [1.54, 1.807) is 0 Å². The average Bonchev–Trinajstić information content (AvgIpc) is 2.51. The minimum absolute atomic E-state index is 0.206. The molecule has 0 atom stereocenters. The van der Waals surface area contributed by atoms with E-state index in [0.717, 1.165) is 31.7 Å². The van der Waals surface area contributed by atoms with E-state index in [4.69, 9.17) is 16.3 Å². The van der Waals surface area contributed by atoms with Crippen molar-refractivity contribution in [2.24, 2.45) is 11.8 Å². The van der Waals surface area contributed by atoms with Gasteiger partial charge in [0.2, 0.25) is 0 Å². The summed E-state index contributed by atoms with van der Waals surface area (Å²) in [5.74, 6) is -2.68. The molecule has 3 nitrogen and oxygen atoms in total. The van der Waals surface area contributed by atoms with Crippen molar-refractivity contribution >= 4 is 17.6 Å². The van der Waals surface area contributed by atoms with Crippen molar-refractivity contribution in [2.75, 3.05) is 0 Å². The van der Waals surface area contributed by atoms with E-state index in [2.05, 4.69) is 11.9 Å². The lowest BCUT2D eigenvalue weighted by atomic mass is 9.80. The molecule has 0 N–H and O–H groups in total. The lowest BCUT2D eigenvalue weighted by molar-refractivity contribution is -0.140. The Morgan fingerprint density at radius 2 is 2.05 bits per heavy atom. The largest absolute Gasteiger partial charge is 0.423 e. The van der Waals surface area contributed by atoms with Crippen molar-refractivity contribution in [1.29, 1.82) is 0 Å². The van der Waals surface area contributed by atoms with Gasteiger partial charge in [0.15, 0.2) is 16.7 Å². The summed E-state index contributed by atoms with van der Waals surface area (Å²) >= 11 is 5.67. The van der Waals surface area contributed by atoms with Crippen molar-refractivity contribution in [3.05, 3.63) is 23.0 Å². The van der Waals surface area contributed by atoms with Crippen molar-refractivity contribution in [3.63, 3.8) is 0 Å². The average molecular weight is 332 g/mol. The van der Waals surface area contributed by atoms with Gasteiger partial charge in [-0.15, -0.1) is 0 Å². The number of nitrogens with zero attached hydrogens (tertiary/aromatic N) is 1. The predicted molar refractivity (Wildman–Crippen MR) is 79.8 cm³/mol. The summed E-state index contributed by atoms with van der Waals surface area (Å²) < 4.78 is 31.1. The number of hydrogen-bond acceptors (Lipinski definition) is 3. The van der Waals surface area contributed by atoms with E-state index in [1.807, 2.05) is 0 Å². The zero-order valence-electron chi connectivity index (χ0n) is 12.6. The highest BCUT2D eigenvalue weighted by Gasteiger charge is 2.28. The summed E-state index contributed by atoms with van der Waals surface area (Å²) in [7, 11) is 0. The summed E-state index contributed by atoms with van der Waals surface area (Å²) in [5.41, 5.74) is 0. The van der Waals surface area contributed by atoms with E-state index in [-0.39, 0.29) is 16.8 Å². The second kappa shape index (κ2) is 7.86. The summed E-state index contributed by atoms with van der Waals surface area (Å²) in [4.78, 5) is 15.3. The number of ether oxygens (including phenoxy) is 1. The Morgan fingerprint density at radius 1 is 1.36 bits per heavy atom. The van der Waals surface area contributed by atoms with Crippen LogP contribution in [0.15, 0.2) is 6.07 Å². The van der Waals surface area contributed by atoms with Crippen LogP contribution in [0, 0.1) is 23.6 Å². The normalized spacial score (nSPS) is 21.6. The highest BCUT2D eigenvalue weighted by molar-refractivity contribution is 6.30. The SMILES string of the molecule is CCCC[C@H]1CC[C@H](C(=O)Oc2cc(F)c(F)nc2Cl)CC1. The molecule has 2 rings (SSSR count). The number of carbonyl (C=O) groups is 1. The summed E-state index contributed by atoms with van der Waals surface area (Å²) in [6.45, 7) is 2.17. The lowest BCUT2D eigenvalue weighted by Crippen LogP contribution is -2.26. The smallest absolute Gasteiger partial charge is 0.314 e. The van der Waals surface area contributed by atoms with Gasteiger partial charge in [0, 0.05) is 6.07 Å². The van der Waals surface area contributed by atoms with Crippen LogP contribution in [0.5, 0.6) is 5.75 Å². The number of halogens is 3. The van der Waals surface area contributed by atoms with Crippen LogP contribution in [-0.2, 0) is 4.79 Å². The number of carbonyl (C=O) groups excluding carboxylic acids is 1. The zero-order valence-corrected chi connectivity index (χ0v) is 13.3.